The molecule has 1 aromatic heterocycles. The zero-order chi connectivity index (χ0) is 14.4. The summed E-state index contributed by atoms with van der Waals surface area (Å²) in [7, 11) is 0. The average molecular weight is 379 g/mol. The molecular weight excluding hydrogens is 365 g/mol. The molecule has 0 atom stereocenters. The zero-order valence-corrected chi connectivity index (χ0v) is 13.9. The summed E-state index contributed by atoms with van der Waals surface area (Å²) in [5.41, 5.74) is 0.938. The fourth-order valence-corrected chi connectivity index (χ4v) is 3.22. The van der Waals surface area contributed by atoms with Crippen LogP contribution in [0.25, 0.3) is 0 Å². The second kappa shape index (κ2) is 7.96. The number of benzene rings is 1. The van der Waals surface area contributed by atoms with Crippen molar-refractivity contribution < 1.29 is 9.13 Å². The van der Waals surface area contributed by atoms with Gasteiger partial charge in [0.25, 0.3) is 0 Å². The van der Waals surface area contributed by atoms with Crippen molar-refractivity contribution in [2.45, 2.75) is 25.1 Å². The summed E-state index contributed by atoms with van der Waals surface area (Å²) in [6.45, 7) is 0.573. The maximum Gasteiger partial charge on any atom is 0.128 e. The Hall–Kier alpha value is -0.650. The van der Waals surface area contributed by atoms with Crippen molar-refractivity contribution >= 4 is 38.9 Å². The van der Waals surface area contributed by atoms with Crippen LogP contribution in [0, 0.1) is 5.82 Å². The molecule has 108 valence electrons. The molecule has 0 N–H and O–H groups in total. The lowest BCUT2D eigenvalue weighted by atomic mass is 10.2. The number of ether oxygens (including phenoxy) is 1. The molecule has 0 saturated heterocycles. The van der Waals surface area contributed by atoms with Crippen LogP contribution in [0.3, 0.4) is 0 Å². The highest BCUT2D eigenvalue weighted by Gasteiger charge is 2.02. The van der Waals surface area contributed by atoms with Crippen LogP contribution in [0.15, 0.2) is 28.1 Å². The average Bonchev–Trinajstić information content (AvgIpc) is 2.85. The second-order valence-corrected chi connectivity index (χ2v) is 6.40. The number of hydrogen-bond donors (Lipinski definition) is 0. The number of aromatic nitrogens is 1. The molecule has 0 aliphatic heterocycles. The van der Waals surface area contributed by atoms with Crippen LogP contribution in [0.1, 0.15) is 23.5 Å². The number of rotatable bonds is 7. The highest BCUT2D eigenvalue weighted by atomic mass is 79.9. The Morgan fingerprint density at radius 1 is 1.30 bits per heavy atom. The minimum absolute atomic E-state index is 0.300. The number of thiazole rings is 1. The predicted molar refractivity (Wildman–Crippen MR) is 84.2 cm³/mol. The topological polar surface area (TPSA) is 22.1 Å². The van der Waals surface area contributed by atoms with Crippen molar-refractivity contribution in [3.63, 3.8) is 0 Å². The third kappa shape index (κ3) is 5.04. The van der Waals surface area contributed by atoms with E-state index >= 15 is 0 Å². The molecule has 2 nitrogen and oxygen atoms in total. The monoisotopic (exact) mass is 377 g/mol. The lowest BCUT2D eigenvalue weighted by molar-refractivity contribution is 0.305. The molecule has 2 rings (SSSR count). The normalized spacial score (nSPS) is 10.8. The summed E-state index contributed by atoms with van der Waals surface area (Å²) in [4.78, 5) is 4.40. The van der Waals surface area contributed by atoms with Gasteiger partial charge in [-0.1, -0.05) is 15.9 Å². The number of halogens is 3. The molecular formula is C14H14BrClFNOS. The van der Waals surface area contributed by atoms with Gasteiger partial charge in [0.15, 0.2) is 0 Å². The fourth-order valence-electron chi connectivity index (χ4n) is 1.71. The van der Waals surface area contributed by atoms with Gasteiger partial charge in [-0.2, -0.15) is 0 Å². The quantitative estimate of drug-likeness (QED) is 0.489. The summed E-state index contributed by atoms with van der Waals surface area (Å²) >= 11 is 10.6. The van der Waals surface area contributed by atoms with Crippen molar-refractivity contribution in [1.82, 2.24) is 4.98 Å². The number of hydrogen-bond acceptors (Lipinski definition) is 3. The van der Waals surface area contributed by atoms with Crippen molar-refractivity contribution in [1.29, 1.82) is 0 Å². The first-order valence-electron chi connectivity index (χ1n) is 6.25. The Balaban J connectivity index is 1.68. The molecule has 0 fully saturated rings. The molecule has 0 aliphatic rings. The van der Waals surface area contributed by atoms with E-state index < -0.39 is 0 Å². The highest BCUT2D eigenvalue weighted by molar-refractivity contribution is 9.10. The van der Waals surface area contributed by atoms with Crippen LogP contribution >= 0.6 is 38.9 Å². The van der Waals surface area contributed by atoms with Crippen molar-refractivity contribution in [3.05, 3.63) is 44.6 Å². The van der Waals surface area contributed by atoms with E-state index in [1.807, 2.05) is 5.38 Å². The Morgan fingerprint density at radius 2 is 2.15 bits per heavy atom. The number of nitrogens with zero attached hydrogens (tertiary/aromatic N) is 1. The van der Waals surface area contributed by atoms with E-state index in [1.54, 1.807) is 17.4 Å². The van der Waals surface area contributed by atoms with Crippen LogP contribution in [-0.2, 0) is 12.3 Å². The van der Waals surface area contributed by atoms with Gasteiger partial charge in [-0.3, -0.25) is 0 Å². The van der Waals surface area contributed by atoms with E-state index in [0.717, 1.165) is 30.0 Å². The summed E-state index contributed by atoms with van der Waals surface area (Å²) in [6, 6.07) is 4.55. The fraction of sp³-hybridized carbons (Fsp3) is 0.357. The molecule has 6 heteroatoms. The van der Waals surface area contributed by atoms with E-state index in [4.69, 9.17) is 16.3 Å². The summed E-state index contributed by atoms with van der Waals surface area (Å²) < 4.78 is 19.3. The Morgan fingerprint density at radius 3 is 2.85 bits per heavy atom. The first kappa shape index (κ1) is 15.7. The minimum Gasteiger partial charge on any atom is -0.493 e. The van der Waals surface area contributed by atoms with Crippen LogP contribution in [0.4, 0.5) is 4.39 Å². The number of aryl methyl sites for hydroxylation is 1. The summed E-state index contributed by atoms with van der Waals surface area (Å²) in [5, 5.41) is 3.09. The van der Waals surface area contributed by atoms with Gasteiger partial charge in [-0.25, -0.2) is 9.37 Å². The van der Waals surface area contributed by atoms with Gasteiger partial charge in [-0.15, -0.1) is 22.9 Å². The maximum absolute atomic E-state index is 13.1. The number of alkyl halides is 1. The van der Waals surface area contributed by atoms with Gasteiger partial charge < -0.3 is 4.74 Å². The zero-order valence-electron chi connectivity index (χ0n) is 10.7. The lowest BCUT2D eigenvalue weighted by Crippen LogP contribution is -1.98. The second-order valence-electron chi connectivity index (χ2n) is 4.28. The van der Waals surface area contributed by atoms with Crippen LogP contribution in [0.5, 0.6) is 5.75 Å². The smallest absolute Gasteiger partial charge is 0.128 e. The molecule has 0 aliphatic carbocycles. The van der Waals surface area contributed by atoms with Crippen LogP contribution in [0.2, 0.25) is 0 Å². The standard InChI is InChI=1S/C14H14BrClFNOS/c15-10-5-11(17)7-13(6-10)19-4-2-1-3-14-18-12(8-16)9-20-14/h5-7,9H,1-4,8H2. The molecule has 1 aromatic carbocycles. The third-order valence-electron chi connectivity index (χ3n) is 2.63. The SMILES string of the molecule is Fc1cc(Br)cc(OCCCCc2nc(CCl)cs2)c1. The van der Waals surface area contributed by atoms with Gasteiger partial charge in [-0.05, 0) is 31.4 Å². The summed E-state index contributed by atoms with van der Waals surface area (Å²) in [6.07, 6.45) is 2.83. The van der Waals surface area contributed by atoms with Crippen molar-refractivity contribution in [2.24, 2.45) is 0 Å². The van der Waals surface area contributed by atoms with E-state index in [-0.39, 0.29) is 5.82 Å². The molecule has 2 aromatic rings. The molecule has 0 bridgehead atoms. The molecule has 0 amide bonds. The Kier molecular flexibility index (Phi) is 6.26. The first-order valence-corrected chi connectivity index (χ1v) is 8.46. The predicted octanol–water partition coefficient (Wildman–Crippen LogP) is 5.19. The van der Waals surface area contributed by atoms with Gasteiger partial charge in [0.05, 0.1) is 23.2 Å². The summed E-state index contributed by atoms with van der Waals surface area (Å²) in [5.74, 6) is 0.718. The number of unbranched alkanes of at least 4 members (excludes halogenated alkanes) is 1. The maximum atomic E-state index is 13.1. The highest BCUT2D eigenvalue weighted by Crippen LogP contribution is 2.21. The van der Waals surface area contributed by atoms with Crippen molar-refractivity contribution in [3.8, 4) is 5.75 Å². The molecule has 20 heavy (non-hydrogen) atoms. The van der Waals surface area contributed by atoms with Gasteiger partial charge in [0, 0.05) is 15.9 Å². The van der Waals surface area contributed by atoms with E-state index in [1.165, 1.54) is 12.1 Å². The minimum atomic E-state index is -0.300. The third-order valence-corrected chi connectivity index (χ3v) is 4.32. The van der Waals surface area contributed by atoms with Crippen LogP contribution < -0.4 is 4.74 Å². The van der Waals surface area contributed by atoms with E-state index in [0.29, 0.717) is 22.7 Å². The molecule has 0 spiro atoms. The lowest BCUT2D eigenvalue weighted by Gasteiger charge is -2.06. The van der Waals surface area contributed by atoms with Gasteiger partial charge in [0.2, 0.25) is 0 Å². The molecule has 0 unspecified atom stereocenters. The molecule has 1 heterocycles. The first-order chi connectivity index (χ1) is 9.67. The van der Waals surface area contributed by atoms with Gasteiger partial charge in [0.1, 0.15) is 11.6 Å². The van der Waals surface area contributed by atoms with Gasteiger partial charge >= 0.3 is 0 Å². The largest absolute Gasteiger partial charge is 0.493 e. The van der Waals surface area contributed by atoms with E-state index in [9.17, 15) is 4.39 Å². The Labute approximate surface area is 135 Å². The van der Waals surface area contributed by atoms with Crippen LogP contribution in [-0.4, -0.2) is 11.6 Å². The Bertz CT molecular complexity index is 544. The molecule has 0 radical (unpaired) electrons. The molecule has 0 saturated carbocycles. The van der Waals surface area contributed by atoms with E-state index in [2.05, 4.69) is 20.9 Å². The van der Waals surface area contributed by atoms with Crippen molar-refractivity contribution in [2.75, 3.05) is 6.61 Å².